The third kappa shape index (κ3) is 5.04. The van der Waals surface area contributed by atoms with Crippen molar-refractivity contribution >= 4 is 34.7 Å². The normalized spacial score (nSPS) is 15.7. The number of carboxylic acid groups (broad SMARTS) is 1. The second-order valence-corrected chi connectivity index (χ2v) is 11.7. The zero-order valence-corrected chi connectivity index (χ0v) is 24.7. The van der Waals surface area contributed by atoms with Gasteiger partial charge in [0.05, 0.1) is 19.2 Å². The van der Waals surface area contributed by atoms with E-state index in [1.165, 1.54) is 17.6 Å². The molecule has 0 bridgehead atoms. The Balaban J connectivity index is 1.34. The molecule has 4 aromatic rings. The van der Waals surface area contributed by atoms with Crippen molar-refractivity contribution < 1.29 is 24.2 Å². The Morgan fingerprint density at radius 2 is 1.86 bits per heavy atom. The molecule has 2 aliphatic rings. The monoisotopic (exact) mass is 585 g/mol. The fourth-order valence-corrected chi connectivity index (χ4v) is 6.80. The Labute approximate surface area is 247 Å². The molecule has 6 rings (SSSR count). The van der Waals surface area contributed by atoms with E-state index < -0.39 is 12.0 Å². The Kier molecular flexibility index (Phi) is 7.28. The Hall–Kier alpha value is -4.51. The molecule has 0 radical (unpaired) electrons. The molecule has 0 amide bonds. The quantitative estimate of drug-likeness (QED) is 0.309. The van der Waals surface area contributed by atoms with E-state index in [1.807, 2.05) is 29.7 Å². The van der Waals surface area contributed by atoms with Crippen LogP contribution in [-0.4, -0.2) is 57.8 Å². The van der Waals surface area contributed by atoms with E-state index in [-0.39, 0.29) is 19.0 Å². The lowest BCUT2D eigenvalue weighted by molar-refractivity contribution is -0.141. The Bertz CT molecular complexity index is 1720. The maximum Gasteiger partial charge on any atom is 0.341 e. The molecule has 0 aliphatic carbocycles. The van der Waals surface area contributed by atoms with Gasteiger partial charge in [-0.05, 0) is 68.1 Å². The number of hydrogen-bond acceptors (Lipinski definition) is 9. The third-order valence-electron chi connectivity index (χ3n) is 7.89. The van der Waals surface area contributed by atoms with Crippen molar-refractivity contribution in [2.45, 2.75) is 46.2 Å². The average Bonchev–Trinajstić information content (AvgIpc) is 3.47. The summed E-state index contributed by atoms with van der Waals surface area (Å²) in [4.78, 5) is 31.9. The summed E-state index contributed by atoms with van der Waals surface area (Å²) in [5, 5.41) is 18.7. The highest BCUT2D eigenvalue weighted by Crippen LogP contribution is 2.40. The topological polar surface area (TPSA) is 119 Å². The van der Waals surface area contributed by atoms with Crippen LogP contribution in [0.25, 0.3) is 5.00 Å². The molecule has 1 atom stereocenters. The molecule has 2 aliphatic heterocycles. The van der Waals surface area contributed by atoms with Crippen molar-refractivity contribution in [2.75, 3.05) is 25.2 Å². The lowest BCUT2D eigenvalue weighted by Crippen LogP contribution is -2.30. The maximum absolute atomic E-state index is 12.4. The van der Waals surface area contributed by atoms with E-state index in [0.29, 0.717) is 18.1 Å². The first-order valence-electron chi connectivity index (χ1n) is 13.7. The fraction of sp³-hybridized carbons (Fsp3) is 0.323. The summed E-state index contributed by atoms with van der Waals surface area (Å²) in [6.07, 6.45) is 0.947. The Morgan fingerprint density at radius 3 is 2.60 bits per heavy atom. The molecular formula is C31H31N5O5S. The number of carbonyl (C=O) groups is 2. The molecule has 4 heterocycles. The predicted molar refractivity (Wildman–Crippen MR) is 159 cm³/mol. The lowest BCUT2D eigenvalue weighted by Gasteiger charge is -2.31. The van der Waals surface area contributed by atoms with Crippen LogP contribution in [0.15, 0.2) is 47.5 Å². The number of carbonyl (C=O) groups excluding carboxylic acids is 1. The molecule has 0 saturated heterocycles. The molecule has 0 spiro atoms. The van der Waals surface area contributed by atoms with Crippen molar-refractivity contribution in [3.8, 4) is 10.8 Å². The molecule has 0 unspecified atom stereocenters. The molecule has 10 nitrogen and oxygen atoms in total. The summed E-state index contributed by atoms with van der Waals surface area (Å²) in [5.41, 5.74) is 7.39. The van der Waals surface area contributed by atoms with Crippen molar-refractivity contribution in [3.05, 3.63) is 86.8 Å². The van der Waals surface area contributed by atoms with Gasteiger partial charge in [0.2, 0.25) is 0 Å². The maximum atomic E-state index is 12.4. The second-order valence-electron chi connectivity index (χ2n) is 10.5. The first-order chi connectivity index (χ1) is 20.2. The summed E-state index contributed by atoms with van der Waals surface area (Å²) >= 11 is 1.68. The van der Waals surface area contributed by atoms with E-state index in [4.69, 9.17) is 19.6 Å². The fourth-order valence-electron chi connectivity index (χ4n) is 5.58. The van der Waals surface area contributed by atoms with Crippen LogP contribution in [0.2, 0.25) is 0 Å². The number of methoxy groups -OCH3 is 1. The summed E-state index contributed by atoms with van der Waals surface area (Å²) in [7, 11) is 1.38. The molecule has 1 N–H and O–H groups in total. The minimum atomic E-state index is -0.999. The Morgan fingerprint density at radius 1 is 1.07 bits per heavy atom. The van der Waals surface area contributed by atoms with Crippen LogP contribution in [0, 0.1) is 20.8 Å². The minimum Gasteiger partial charge on any atom is -0.482 e. The van der Waals surface area contributed by atoms with E-state index in [1.54, 1.807) is 11.3 Å². The molecule has 0 fully saturated rings. The van der Waals surface area contributed by atoms with Gasteiger partial charge in [-0.15, -0.1) is 21.5 Å². The minimum absolute atomic E-state index is 0.0640. The van der Waals surface area contributed by atoms with E-state index in [2.05, 4.69) is 53.2 Å². The van der Waals surface area contributed by atoms with Gasteiger partial charge in [-0.2, -0.15) is 0 Å². The van der Waals surface area contributed by atoms with Gasteiger partial charge in [0.25, 0.3) is 0 Å². The average molecular weight is 586 g/mol. The first kappa shape index (κ1) is 27.6. The van der Waals surface area contributed by atoms with E-state index >= 15 is 0 Å². The molecule has 0 saturated carbocycles. The number of aliphatic imine (C=N–C) groups is 1. The number of aryl methyl sites for hydroxylation is 2. The number of rotatable bonds is 7. The largest absolute Gasteiger partial charge is 0.482 e. The number of esters is 1. The highest BCUT2D eigenvalue weighted by molar-refractivity contribution is 7.15. The standard InChI is InChI=1S/C31H31N5O5S/c1-17-18(2)42-31-28(17)29(32-25(14-27(39)40-4)30-34-33-19(3)36(30)31)21-5-8-23(9-6-21)35-12-11-20-7-10-24(13-22(20)15-35)41-16-26(37)38/h5-10,13,25H,11-12,14-16H2,1-4H3,(H,37,38)/t25-/m0/s1. The lowest BCUT2D eigenvalue weighted by atomic mass is 9.97. The van der Waals surface area contributed by atoms with Gasteiger partial charge in [0.1, 0.15) is 22.6 Å². The molecular weight excluding hydrogens is 554 g/mol. The van der Waals surface area contributed by atoms with Gasteiger partial charge in [-0.25, -0.2) is 4.79 Å². The first-order valence-corrected chi connectivity index (χ1v) is 14.5. The zero-order valence-electron chi connectivity index (χ0n) is 23.9. The number of aliphatic carboxylic acids is 1. The van der Waals surface area contributed by atoms with Crippen LogP contribution in [0.1, 0.15) is 56.8 Å². The molecule has 42 heavy (non-hydrogen) atoms. The number of ether oxygens (including phenoxy) is 2. The van der Waals surface area contributed by atoms with Gasteiger partial charge < -0.3 is 19.5 Å². The van der Waals surface area contributed by atoms with Gasteiger partial charge in [0.15, 0.2) is 12.4 Å². The SMILES string of the molecule is COC(=O)C[C@@H]1N=C(c2ccc(N3CCc4ccc(OCC(=O)O)cc4C3)cc2)c2c(sc(C)c2C)-n2c(C)nnc21. The number of thiophene rings is 1. The number of anilines is 1. The molecule has 2 aromatic heterocycles. The highest BCUT2D eigenvalue weighted by Gasteiger charge is 2.32. The van der Waals surface area contributed by atoms with Crippen molar-refractivity contribution in [1.29, 1.82) is 0 Å². The van der Waals surface area contributed by atoms with E-state index in [9.17, 15) is 9.59 Å². The molecule has 11 heteroatoms. The number of carboxylic acids is 1. The zero-order chi connectivity index (χ0) is 29.5. The molecule has 216 valence electrons. The summed E-state index contributed by atoms with van der Waals surface area (Å²) in [6.45, 7) is 7.32. The third-order valence-corrected chi connectivity index (χ3v) is 9.08. The van der Waals surface area contributed by atoms with Crippen molar-refractivity contribution in [2.24, 2.45) is 4.99 Å². The predicted octanol–water partition coefficient (Wildman–Crippen LogP) is 4.74. The number of benzene rings is 2. The number of hydrogen-bond donors (Lipinski definition) is 1. The number of aromatic nitrogens is 3. The van der Waals surface area contributed by atoms with Crippen LogP contribution in [-0.2, 0) is 27.3 Å². The summed E-state index contributed by atoms with van der Waals surface area (Å²) < 4.78 is 12.4. The van der Waals surface area contributed by atoms with Crippen molar-refractivity contribution in [1.82, 2.24) is 14.8 Å². The van der Waals surface area contributed by atoms with Crippen molar-refractivity contribution in [3.63, 3.8) is 0 Å². The second kappa shape index (κ2) is 11.1. The van der Waals surface area contributed by atoms with Gasteiger partial charge in [0, 0.05) is 34.8 Å². The summed E-state index contributed by atoms with van der Waals surface area (Å²) in [5.74, 6) is 0.581. The van der Waals surface area contributed by atoms with Crippen LogP contribution >= 0.6 is 11.3 Å². The van der Waals surface area contributed by atoms with Crippen LogP contribution in [0.3, 0.4) is 0 Å². The van der Waals surface area contributed by atoms with Crippen LogP contribution < -0.4 is 9.64 Å². The summed E-state index contributed by atoms with van der Waals surface area (Å²) in [6, 6.07) is 13.6. The van der Waals surface area contributed by atoms with Gasteiger partial charge in [-0.1, -0.05) is 18.2 Å². The highest BCUT2D eigenvalue weighted by atomic mass is 32.1. The molecule has 2 aromatic carbocycles. The van der Waals surface area contributed by atoms with Gasteiger partial charge in [-0.3, -0.25) is 14.4 Å². The van der Waals surface area contributed by atoms with Crippen LogP contribution in [0.4, 0.5) is 5.69 Å². The number of nitrogens with zero attached hydrogens (tertiary/aromatic N) is 5. The smallest absolute Gasteiger partial charge is 0.341 e. The number of fused-ring (bicyclic) bond motifs is 4. The van der Waals surface area contributed by atoms with E-state index in [0.717, 1.165) is 57.4 Å². The van der Waals surface area contributed by atoms with Crippen LogP contribution in [0.5, 0.6) is 5.75 Å². The van der Waals surface area contributed by atoms with Gasteiger partial charge >= 0.3 is 11.9 Å².